The molecule has 118 valence electrons. The molecule has 4 rings (SSSR count). The largest absolute Gasteiger partial charge is 0.180 e. The summed E-state index contributed by atoms with van der Waals surface area (Å²) in [6.45, 7) is 0. The molecule has 4 aromatic rings. The second-order valence-electron chi connectivity index (χ2n) is 5.19. The van der Waals surface area contributed by atoms with E-state index < -0.39 is 0 Å². The molecule has 0 atom stereocenters. The van der Waals surface area contributed by atoms with Gasteiger partial charge in [0.05, 0.1) is 5.69 Å². The summed E-state index contributed by atoms with van der Waals surface area (Å²) >= 11 is 5.77. The van der Waals surface area contributed by atoms with Crippen LogP contribution in [0.4, 0.5) is 0 Å². The van der Waals surface area contributed by atoms with E-state index in [-0.39, 0.29) is 0 Å². The summed E-state index contributed by atoms with van der Waals surface area (Å²) in [4.78, 5) is 0. The number of halogens is 1. The Balaban J connectivity index is 0.000000238. The van der Waals surface area contributed by atoms with E-state index in [1.165, 1.54) is 15.3 Å². The lowest BCUT2D eigenvalue weighted by molar-refractivity contribution is 0.998. The highest BCUT2D eigenvalue weighted by molar-refractivity contribution is 6.14. The predicted octanol–water partition coefficient (Wildman–Crippen LogP) is 5.91. The summed E-state index contributed by atoms with van der Waals surface area (Å²) in [6, 6.07) is 32.5. The Kier molecular flexibility index (Phi) is 5.44. The number of rotatable bonds is 2. The van der Waals surface area contributed by atoms with Crippen molar-refractivity contribution in [2.45, 2.75) is 0 Å². The molecule has 0 amide bonds. The summed E-state index contributed by atoms with van der Waals surface area (Å²) < 4.78 is 1.30. The molecule has 0 bridgehead atoms. The lowest BCUT2D eigenvalue weighted by Crippen LogP contribution is -1.83. The Morgan fingerprint density at radius 3 is 1.71 bits per heavy atom. The zero-order valence-electron chi connectivity index (χ0n) is 13.1. The summed E-state index contributed by atoms with van der Waals surface area (Å²) in [5.41, 5.74) is 4.32. The quantitative estimate of drug-likeness (QED) is 0.446. The highest BCUT2D eigenvalue weighted by Gasteiger charge is 2.03. The number of aromatic nitrogens is 2. The van der Waals surface area contributed by atoms with E-state index in [1.807, 2.05) is 72.8 Å². The molecule has 0 fully saturated rings. The topological polar surface area (TPSA) is 17.8 Å². The molecular weight excluding hydrogens is 316 g/mol. The van der Waals surface area contributed by atoms with E-state index >= 15 is 0 Å². The van der Waals surface area contributed by atoms with Crippen molar-refractivity contribution in [2.75, 3.05) is 0 Å². The molecule has 0 spiro atoms. The average molecular weight is 333 g/mol. The number of hydrogen-bond acceptors (Lipinski definition) is 1. The lowest BCUT2D eigenvalue weighted by atomic mass is 10.0. The summed E-state index contributed by atoms with van der Waals surface area (Å²) in [5, 5.41) is 4.20. The molecule has 0 saturated heterocycles. The van der Waals surface area contributed by atoms with Crippen LogP contribution in [-0.4, -0.2) is 9.30 Å². The highest BCUT2D eigenvalue weighted by atomic mass is 35.5. The van der Waals surface area contributed by atoms with Crippen LogP contribution in [0.3, 0.4) is 0 Å². The van der Waals surface area contributed by atoms with Gasteiger partial charge >= 0.3 is 0 Å². The van der Waals surface area contributed by atoms with Crippen molar-refractivity contribution in [2.24, 2.45) is 0 Å². The van der Waals surface area contributed by atoms with Crippen molar-refractivity contribution in [3.63, 3.8) is 0 Å². The normalized spacial score (nSPS) is 9.88. The Hall–Kier alpha value is -2.84. The lowest BCUT2D eigenvalue weighted by Gasteiger charge is -2.03. The van der Waals surface area contributed by atoms with Gasteiger partial charge in [0.15, 0.2) is 0 Å². The maximum Gasteiger partial charge on any atom is 0.0938 e. The standard InChI is InChI=1S/C15H11ClN2.C6H6/c16-18-10-9-15(17-18)14-8-4-7-13(11-14)12-5-2-1-3-6-12;1-2-4-6-5-3-1/h1-11H;1-6H. The Bertz CT molecular complexity index is 844. The summed E-state index contributed by atoms with van der Waals surface area (Å²) in [7, 11) is 0. The first-order valence-electron chi connectivity index (χ1n) is 7.70. The first-order chi connectivity index (χ1) is 11.8. The molecule has 2 nitrogen and oxygen atoms in total. The minimum atomic E-state index is 0.878. The molecule has 0 N–H and O–H groups in total. The van der Waals surface area contributed by atoms with Crippen molar-refractivity contribution in [3.8, 4) is 22.4 Å². The molecule has 0 saturated carbocycles. The van der Waals surface area contributed by atoms with Gasteiger partial charge in [0.25, 0.3) is 0 Å². The van der Waals surface area contributed by atoms with E-state index in [2.05, 4.69) is 29.4 Å². The highest BCUT2D eigenvalue weighted by Crippen LogP contribution is 2.25. The van der Waals surface area contributed by atoms with E-state index in [1.54, 1.807) is 6.20 Å². The van der Waals surface area contributed by atoms with Crippen molar-refractivity contribution < 1.29 is 0 Å². The molecule has 0 aliphatic carbocycles. The number of hydrogen-bond donors (Lipinski definition) is 0. The molecule has 0 aliphatic heterocycles. The van der Waals surface area contributed by atoms with Crippen LogP contribution in [-0.2, 0) is 0 Å². The molecule has 3 heteroatoms. The molecule has 1 aromatic heterocycles. The molecule has 0 radical (unpaired) electrons. The van der Waals surface area contributed by atoms with E-state index in [4.69, 9.17) is 11.8 Å². The minimum absolute atomic E-state index is 0.878. The van der Waals surface area contributed by atoms with Crippen LogP contribution in [0.25, 0.3) is 22.4 Å². The Labute approximate surface area is 147 Å². The van der Waals surface area contributed by atoms with Crippen molar-refractivity contribution >= 4 is 11.8 Å². The van der Waals surface area contributed by atoms with Gasteiger partial charge in [-0.2, -0.15) is 9.30 Å². The zero-order chi connectivity index (χ0) is 16.6. The maximum absolute atomic E-state index is 5.77. The van der Waals surface area contributed by atoms with Gasteiger partial charge in [-0.15, -0.1) is 0 Å². The Morgan fingerprint density at radius 2 is 1.12 bits per heavy atom. The maximum atomic E-state index is 5.77. The smallest absolute Gasteiger partial charge is 0.0938 e. The van der Waals surface area contributed by atoms with Gasteiger partial charge in [-0.3, -0.25) is 0 Å². The Morgan fingerprint density at radius 1 is 0.583 bits per heavy atom. The van der Waals surface area contributed by atoms with Gasteiger partial charge in [0.2, 0.25) is 0 Å². The van der Waals surface area contributed by atoms with Crippen LogP contribution in [0, 0.1) is 0 Å². The first kappa shape index (κ1) is 16.0. The summed E-state index contributed by atoms with van der Waals surface area (Å²) in [5.74, 6) is 0. The monoisotopic (exact) mass is 332 g/mol. The molecule has 24 heavy (non-hydrogen) atoms. The second-order valence-corrected chi connectivity index (χ2v) is 5.54. The van der Waals surface area contributed by atoms with Gasteiger partial charge in [0.1, 0.15) is 0 Å². The summed E-state index contributed by atoms with van der Waals surface area (Å²) in [6.07, 6.45) is 1.73. The third-order valence-electron chi connectivity index (χ3n) is 3.49. The van der Waals surface area contributed by atoms with Crippen LogP contribution < -0.4 is 0 Å². The van der Waals surface area contributed by atoms with Crippen LogP contribution in [0.15, 0.2) is 103 Å². The van der Waals surface area contributed by atoms with Gasteiger partial charge in [0, 0.05) is 23.5 Å². The third-order valence-corrected chi connectivity index (χ3v) is 3.68. The average Bonchev–Trinajstić information content (AvgIpc) is 3.11. The molecular formula is C21H17ClN2. The van der Waals surface area contributed by atoms with Crippen molar-refractivity contribution in [3.05, 3.63) is 103 Å². The zero-order valence-corrected chi connectivity index (χ0v) is 13.8. The number of benzene rings is 3. The van der Waals surface area contributed by atoms with E-state index in [9.17, 15) is 0 Å². The SMILES string of the molecule is Cln1ccc(-c2cccc(-c3ccccc3)c2)n1.c1ccccc1. The fourth-order valence-electron chi connectivity index (χ4n) is 2.33. The van der Waals surface area contributed by atoms with Gasteiger partial charge in [-0.25, -0.2) is 0 Å². The fraction of sp³-hybridized carbons (Fsp3) is 0. The van der Waals surface area contributed by atoms with Crippen LogP contribution in [0.5, 0.6) is 0 Å². The van der Waals surface area contributed by atoms with Gasteiger partial charge in [-0.05, 0) is 23.3 Å². The molecule has 0 aliphatic rings. The second kappa shape index (κ2) is 8.14. The van der Waals surface area contributed by atoms with Gasteiger partial charge in [-0.1, -0.05) is 84.9 Å². The minimum Gasteiger partial charge on any atom is -0.180 e. The first-order valence-corrected chi connectivity index (χ1v) is 8.04. The van der Waals surface area contributed by atoms with Crippen LogP contribution in [0.2, 0.25) is 0 Å². The number of nitrogens with zero attached hydrogens (tertiary/aromatic N) is 2. The molecule has 3 aromatic carbocycles. The molecule has 0 unspecified atom stereocenters. The van der Waals surface area contributed by atoms with Crippen LogP contribution >= 0.6 is 11.8 Å². The van der Waals surface area contributed by atoms with Gasteiger partial charge < -0.3 is 0 Å². The van der Waals surface area contributed by atoms with E-state index in [0.29, 0.717) is 0 Å². The van der Waals surface area contributed by atoms with E-state index in [0.717, 1.165) is 11.3 Å². The van der Waals surface area contributed by atoms with Crippen molar-refractivity contribution in [1.82, 2.24) is 9.30 Å². The predicted molar refractivity (Wildman–Crippen MR) is 101 cm³/mol. The van der Waals surface area contributed by atoms with Crippen molar-refractivity contribution in [1.29, 1.82) is 0 Å². The fourth-order valence-corrected chi connectivity index (χ4v) is 2.47. The third kappa shape index (κ3) is 4.34. The molecule has 1 heterocycles. The van der Waals surface area contributed by atoms with Crippen LogP contribution in [0.1, 0.15) is 0 Å².